The number of amides is 1. The predicted octanol–water partition coefficient (Wildman–Crippen LogP) is 3.35. The molecule has 3 aromatic rings. The Morgan fingerprint density at radius 1 is 1.00 bits per heavy atom. The van der Waals surface area contributed by atoms with E-state index in [0.717, 1.165) is 10.6 Å². The lowest BCUT2D eigenvalue weighted by atomic mass is 10.2. The number of nitrogens with zero attached hydrogens (tertiary/aromatic N) is 3. The second-order valence-electron chi connectivity index (χ2n) is 8.14. The fraction of sp³-hybridized carbons (Fsp3) is 0.261. The second kappa shape index (κ2) is 10.9. The first kappa shape index (κ1) is 28.2. The van der Waals surface area contributed by atoms with Gasteiger partial charge in [0.2, 0.25) is 21.9 Å². The summed E-state index contributed by atoms with van der Waals surface area (Å²) in [5.41, 5.74) is 1.57. The number of aromatic nitrogens is 2. The lowest BCUT2D eigenvalue weighted by Crippen LogP contribution is -2.45. The molecule has 1 atom stereocenters. The van der Waals surface area contributed by atoms with Gasteiger partial charge >= 0.3 is 0 Å². The standard InChI is InChI=1S/C23H26ClN5O6S2/c1-14-12-15(2)26-23(25-14)28-37(33,34)19-9-7-18(8-10-19)27-22(30)16(3)29(36(5,31)32)20-13-17(24)6-11-21(20)35-4/h6-13,16H,1-5H3,(H,27,30)(H,25,26,28)/t16-/m0/s1. The monoisotopic (exact) mass is 567 g/mol. The van der Waals surface area contributed by atoms with Crippen LogP contribution in [-0.4, -0.2) is 52.1 Å². The van der Waals surface area contributed by atoms with Crippen molar-refractivity contribution in [2.24, 2.45) is 0 Å². The van der Waals surface area contributed by atoms with Gasteiger partial charge in [-0.1, -0.05) is 11.6 Å². The molecule has 0 aliphatic rings. The number of sulfonamides is 2. The molecule has 11 nitrogen and oxygen atoms in total. The summed E-state index contributed by atoms with van der Waals surface area (Å²) in [5, 5.41) is 2.86. The zero-order chi connectivity index (χ0) is 27.5. The average Bonchev–Trinajstić information content (AvgIpc) is 2.77. The third kappa shape index (κ3) is 6.87. The minimum atomic E-state index is -3.99. The number of halogens is 1. The molecular formula is C23H26ClN5O6S2. The molecule has 0 aliphatic heterocycles. The topological polar surface area (TPSA) is 148 Å². The predicted molar refractivity (Wildman–Crippen MR) is 142 cm³/mol. The van der Waals surface area contributed by atoms with Gasteiger partial charge in [-0.2, -0.15) is 0 Å². The first-order valence-corrected chi connectivity index (χ1v) is 14.5. The largest absolute Gasteiger partial charge is 0.495 e. The van der Waals surface area contributed by atoms with Crippen LogP contribution in [0.3, 0.4) is 0 Å². The Labute approximate surface area is 220 Å². The van der Waals surface area contributed by atoms with E-state index in [1.165, 1.54) is 56.5 Å². The van der Waals surface area contributed by atoms with Crippen molar-refractivity contribution in [3.63, 3.8) is 0 Å². The fourth-order valence-electron chi connectivity index (χ4n) is 3.53. The molecule has 2 N–H and O–H groups in total. The molecule has 0 aliphatic carbocycles. The number of hydrogen-bond acceptors (Lipinski definition) is 8. The smallest absolute Gasteiger partial charge is 0.264 e. The van der Waals surface area contributed by atoms with Gasteiger partial charge in [0.15, 0.2) is 0 Å². The molecule has 1 amide bonds. The highest BCUT2D eigenvalue weighted by Gasteiger charge is 2.31. The van der Waals surface area contributed by atoms with Crippen molar-refractivity contribution in [2.75, 3.05) is 27.7 Å². The lowest BCUT2D eigenvalue weighted by Gasteiger charge is -2.29. The molecule has 0 radical (unpaired) electrons. The van der Waals surface area contributed by atoms with Crippen molar-refractivity contribution in [2.45, 2.75) is 31.7 Å². The van der Waals surface area contributed by atoms with Crippen LogP contribution in [0.5, 0.6) is 5.75 Å². The highest BCUT2D eigenvalue weighted by molar-refractivity contribution is 7.92. The van der Waals surface area contributed by atoms with E-state index >= 15 is 0 Å². The molecule has 0 unspecified atom stereocenters. The first-order valence-electron chi connectivity index (χ1n) is 10.8. The van der Waals surface area contributed by atoms with Crippen LogP contribution in [0.25, 0.3) is 0 Å². The number of methoxy groups -OCH3 is 1. The number of rotatable bonds is 9. The highest BCUT2D eigenvalue weighted by Crippen LogP contribution is 2.34. The zero-order valence-corrected chi connectivity index (χ0v) is 23.1. The van der Waals surface area contributed by atoms with Gasteiger partial charge in [-0.05, 0) is 69.3 Å². The summed E-state index contributed by atoms with van der Waals surface area (Å²) in [6.45, 7) is 4.85. The van der Waals surface area contributed by atoms with Gasteiger partial charge in [0, 0.05) is 22.1 Å². The zero-order valence-electron chi connectivity index (χ0n) is 20.7. The Kier molecular flexibility index (Phi) is 8.30. The molecule has 198 valence electrons. The van der Waals surface area contributed by atoms with Gasteiger partial charge in [0.05, 0.1) is 23.9 Å². The molecule has 0 fully saturated rings. The van der Waals surface area contributed by atoms with Crippen molar-refractivity contribution >= 4 is 54.9 Å². The average molecular weight is 568 g/mol. The molecule has 0 spiro atoms. The summed E-state index contributed by atoms with van der Waals surface area (Å²) < 4.78 is 59.2. The Bertz CT molecular complexity index is 1510. The van der Waals surface area contributed by atoms with E-state index in [1.54, 1.807) is 19.9 Å². The van der Waals surface area contributed by atoms with Gasteiger partial charge in [-0.3, -0.25) is 9.10 Å². The fourth-order valence-corrected chi connectivity index (χ4v) is 5.81. The van der Waals surface area contributed by atoms with E-state index < -0.39 is 32.0 Å². The quantitative estimate of drug-likeness (QED) is 0.400. The maximum absolute atomic E-state index is 13.0. The Morgan fingerprint density at radius 2 is 1.59 bits per heavy atom. The van der Waals surface area contributed by atoms with Crippen molar-refractivity contribution in [3.05, 3.63) is 64.9 Å². The van der Waals surface area contributed by atoms with E-state index in [-0.39, 0.29) is 33.0 Å². The van der Waals surface area contributed by atoms with E-state index in [4.69, 9.17) is 16.3 Å². The molecule has 0 saturated heterocycles. The van der Waals surface area contributed by atoms with Crippen LogP contribution in [-0.2, 0) is 24.8 Å². The van der Waals surface area contributed by atoms with E-state index in [9.17, 15) is 21.6 Å². The van der Waals surface area contributed by atoms with Crippen LogP contribution in [0.4, 0.5) is 17.3 Å². The maximum Gasteiger partial charge on any atom is 0.264 e. The number of ether oxygens (including phenoxy) is 1. The van der Waals surface area contributed by atoms with Gasteiger partial charge in [-0.15, -0.1) is 0 Å². The molecule has 1 aromatic heterocycles. The molecule has 37 heavy (non-hydrogen) atoms. The summed E-state index contributed by atoms with van der Waals surface area (Å²) in [6, 6.07) is 10.3. The molecule has 14 heteroatoms. The lowest BCUT2D eigenvalue weighted by molar-refractivity contribution is -0.116. The van der Waals surface area contributed by atoms with Crippen molar-refractivity contribution in [1.29, 1.82) is 0 Å². The van der Waals surface area contributed by atoms with Gasteiger partial charge < -0.3 is 10.1 Å². The number of nitrogens with one attached hydrogen (secondary N) is 2. The summed E-state index contributed by atoms with van der Waals surface area (Å²) >= 11 is 6.06. The van der Waals surface area contributed by atoms with Gasteiger partial charge in [0.25, 0.3) is 10.0 Å². The summed E-state index contributed by atoms with van der Waals surface area (Å²) in [4.78, 5) is 21.1. The van der Waals surface area contributed by atoms with Crippen LogP contribution >= 0.6 is 11.6 Å². The Morgan fingerprint density at radius 3 is 2.14 bits per heavy atom. The van der Waals surface area contributed by atoms with Crippen LogP contribution < -0.4 is 19.1 Å². The van der Waals surface area contributed by atoms with E-state index in [2.05, 4.69) is 20.0 Å². The summed E-state index contributed by atoms with van der Waals surface area (Å²) in [7, 11) is -6.55. The minimum absolute atomic E-state index is 0.0546. The van der Waals surface area contributed by atoms with Crippen LogP contribution in [0, 0.1) is 13.8 Å². The summed E-state index contributed by atoms with van der Waals surface area (Å²) in [6.07, 6.45) is 0.962. The minimum Gasteiger partial charge on any atom is -0.495 e. The molecule has 3 rings (SSSR count). The van der Waals surface area contributed by atoms with Crippen molar-refractivity contribution in [3.8, 4) is 5.75 Å². The number of benzene rings is 2. The van der Waals surface area contributed by atoms with Crippen molar-refractivity contribution in [1.82, 2.24) is 9.97 Å². The number of carbonyl (C=O) groups is 1. The van der Waals surface area contributed by atoms with Gasteiger partial charge in [0.1, 0.15) is 11.8 Å². The molecule has 1 heterocycles. The first-order chi connectivity index (χ1) is 17.2. The van der Waals surface area contributed by atoms with Gasteiger partial charge in [-0.25, -0.2) is 31.5 Å². The molecule has 0 bridgehead atoms. The normalized spacial score (nSPS) is 12.5. The number of hydrogen-bond donors (Lipinski definition) is 2. The van der Waals surface area contributed by atoms with Crippen LogP contribution in [0.1, 0.15) is 18.3 Å². The van der Waals surface area contributed by atoms with Crippen LogP contribution in [0.15, 0.2) is 53.4 Å². The highest BCUT2D eigenvalue weighted by atomic mass is 35.5. The SMILES string of the molecule is COc1ccc(Cl)cc1N([C@@H](C)C(=O)Nc1ccc(S(=O)(=O)Nc2nc(C)cc(C)n2)cc1)S(C)(=O)=O. The molecular weight excluding hydrogens is 542 g/mol. The number of aryl methyl sites for hydroxylation is 2. The second-order valence-corrected chi connectivity index (χ2v) is 12.1. The summed E-state index contributed by atoms with van der Waals surface area (Å²) in [5.74, 6) is -0.504. The number of anilines is 3. The number of carbonyl (C=O) groups excluding carboxylic acids is 1. The molecule has 2 aromatic carbocycles. The van der Waals surface area contributed by atoms with Crippen molar-refractivity contribution < 1.29 is 26.4 Å². The third-order valence-electron chi connectivity index (χ3n) is 5.11. The third-order valence-corrected chi connectivity index (χ3v) is 7.91. The Balaban J connectivity index is 1.81. The van der Waals surface area contributed by atoms with Crippen LogP contribution in [0.2, 0.25) is 5.02 Å². The van der Waals surface area contributed by atoms with E-state index in [0.29, 0.717) is 11.4 Å². The molecule has 0 saturated carbocycles. The van der Waals surface area contributed by atoms with E-state index in [1.807, 2.05) is 0 Å². The maximum atomic E-state index is 13.0. The Hall–Kier alpha value is -3.42.